The van der Waals surface area contributed by atoms with Crippen molar-refractivity contribution in [2.75, 3.05) is 6.54 Å². The standard InChI is InChI=1S/C8H9N3O3/c12-7-3-6(4-10-7)14-8(13)11-2-1-9-5-11/h1-2,5-6H,3-4H2,(H,10,12)/t6-/m1/s1. The molecular weight excluding hydrogens is 186 g/mol. The fourth-order valence-electron chi connectivity index (χ4n) is 1.23. The van der Waals surface area contributed by atoms with Gasteiger partial charge in [0.2, 0.25) is 5.91 Å². The van der Waals surface area contributed by atoms with Crippen LogP contribution in [0.25, 0.3) is 0 Å². The molecule has 1 saturated heterocycles. The summed E-state index contributed by atoms with van der Waals surface area (Å²) in [5, 5.41) is 2.58. The van der Waals surface area contributed by atoms with Crippen LogP contribution in [0, 0.1) is 0 Å². The van der Waals surface area contributed by atoms with Crippen LogP contribution in [0.15, 0.2) is 18.7 Å². The predicted molar refractivity (Wildman–Crippen MR) is 45.5 cm³/mol. The van der Waals surface area contributed by atoms with E-state index in [1.54, 1.807) is 0 Å². The van der Waals surface area contributed by atoms with Crippen molar-refractivity contribution in [3.8, 4) is 0 Å². The Labute approximate surface area is 79.9 Å². The Morgan fingerprint density at radius 3 is 3.14 bits per heavy atom. The van der Waals surface area contributed by atoms with Crippen LogP contribution in [0.3, 0.4) is 0 Å². The van der Waals surface area contributed by atoms with Gasteiger partial charge >= 0.3 is 6.09 Å². The van der Waals surface area contributed by atoms with E-state index in [1.807, 2.05) is 0 Å². The van der Waals surface area contributed by atoms with Gasteiger partial charge in [-0.2, -0.15) is 0 Å². The molecule has 0 unspecified atom stereocenters. The topological polar surface area (TPSA) is 73.2 Å². The Balaban J connectivity index is 1.92. The summed E-state index contributed by atoms with van der Waals surface area (Å²) in [5.74, 6) is -0.0894. The molecule has 0 radical (unpaired) electrons. The first-order valence-corrected chi connectivity index (χ1v) is 4.21. The summed E-state index contributed by atoms with van der Waals surface area (Å²) in [6.45, 7) is 0.388. The van der Waals surface area contributed by atoms with Crippen LogP contribution < -0.4 is 5.32 Å². The van der Waals surface area contributed by atoms with Crippen LogP contribution >= 0.6 is 0 Å². The van der Waals surface area contributed by atoms with Gasteiger partial charge in [0, 0.05) is 12.4 Å². The molecule has 14 heavy (non-hydrogen) atoms. The number of hydrogen-bond acceptors (Lipinski definition) is 4. The van der Waals surface area contributed by atoms with Crippen LogP contribution in [0.1, 0.15) is 6.42 Å². The second-order valence-electron chi connectivity index (χ2n) is 2.98. The first-order valence-electron chi connectivity index (χ1n) is 4.21. The van der Waals surface area contributed by atoms with Crippen molar-refractivity contribution >= 4 is 12.0 Å². The Hall–Kier alpha value is -1.85. The fraction of sp³-hybridized carbons (Fsp3) is 0.375. The van der Waals surface area contributed by atoms with E-state index in [0.29, 0.717) is 6.54 Å². The number of carbonyl (C=O) groups excluding carboxylic acids is 2. The van der Waals surface area contributed by atoms with Crippen molar-refractivity contribution in [1.82, 2.24) is 14.9 Å². The number of nitrogens with one attached hydrogen (secondary N) is 1. The Morgan fingerprint density at radius 2 is 2.57 bits per heavy atom. The van der Waals surface area contributed by atoms with Gasteiger partial charge < -0.3 is 10.1 Å². The van der Waals surface area contributed by atoms with E-state index in [-0.39, 0.29) is 18.4 Å². The van der Waals surface area contributed by atoms with Gasteiger partial charge in [0.15, 0.2) is 0 Å². The maximum atomic E-state index is 11.3. The zero-order valence-corrected chi connectivity index (χ0v) is 7.34. The van der Waals surface area contributed by atoms with E-state index in [0.717, 1.165) is 0 Å². The maximum Gasteiger partial charge on any atom is 0.419 e. The summed E-state index contributed by atoms with van der Waals surface area (Å²) in [6.07, 6.45) is 3.69. The summed E-state index contributed by atoms with van der Waals surface area (Å²) in [7, 11) is 0. The molecule has 1 atom stereocenters. The molecule has 0 saturated carbocycles. The molecule has 0 spiro atoms. The second-order valence-corrected chi connectivity index (χ2v) is 2.98. The number of aromatic nitrogens is 2. The quantitative estimate of drug-likeness (QED) is 0.671. The van der Waals surface area contributed by atoms with E-state index in [1.165, 1.54) is 23.3 Å². The average molecular weight is 195 g/mol. The SMILES string of the molecule is O=C1C[C@@H](OC(=O)n2ccnc2)CN1. The molecule has 1 fully saturated rings. The third-order valence-corrected chi connectivity index (χ3v) is 1.92. The molecule has 2 heterocycles. The summed E-state index contributed by atoms with van der Waals surface area (Å²) < 4.78 is 6.25. The van der Waals surface area contributed by atoms with E-state index in [2.05, 4.69) is 10.3 Å². The Kier molecular flexibility index (Phi) is 2.18. The minimum atomic E-state index is -0.510. The Morgan fingerprint density at radius 1 is 1.71 bits per heavy atom. The lowest BCUT2D eigenvalue weighted by molar-refractivity contribution is -0.119. The first kappa shape index (κ1) is 8.74. The van der Waals surface area contributed by atoms with Gasteiger partial charge in [-0.15, -0.1) is 0 Å². The number of ether oxygens (including phenoxy) is 1. The summed E-state index contributed by atoms with van der Waals surface area (Å²) in [4.78, 5) is 25.8. The molecule has 1 amide bonds. The summed E-state index contributed by atoms with van der Waals surface area (Å²) in [5.41, 5.74) is 0. The van der Waals surface area contributed by atoms with Crippen molar-refractivity contribution in [3.63, 3.8) is 0 Å². The molecule has 2 rings (SSSR count). The molecule has 1 aliphatic heterocycles. The van der Waals surface area contributed by atoms with Gasteiger partial charge in [0.05, 0.1) is 13.0 Å². The number of carbonyl (C=O) groups is 2. The second kappa shape index (κ2) is 3.49. The predicted octanol–water partition coefficient (Wildman–Crippen LogP) is -0.244. The van der Waals surface area contributed by atoms with Crippen molar-refractivity contribution in [1.29, 1.82) is 0 Å². The highest BCUT2D eigenvalue weighted by molar-refractivity contribution is 5.79. The maximum absolute atomic E-state index is 11.3. The van der Waals surface area contributed by atoms with E-state index >= 15 is 0 Å². The van der Waals surface area contributed by atoms with Gasteiger partial charge in [-0.3, -0.25) is 4.79 Å². The average Bonchev–Trinajstić information content (AvgIpc) is 2.75. The Bertz CT molecular complexity index is 347. The third kappa shape index (κ3) is 1.73. The van der Waals surface area contributed by atoms with E-state index in [9.17, 15) is 9.59 Å². The van der Waals surface area contributed by atoms with Crippen LogP contribution in [-0.2, 0) is 9.53 Å². The monoisotopic (exact) mass is 195 g/mol. The van der Waals surface area contributed by atoms with Crippen molar-refractivity contribution in [2.24, 2.45) is 0 Å². The van der Waals surface area contributed by atoms with Gasteiger partial charge in [-0.25, -0.2) is 14.3 Å². The van der Waals surface area contributed by atoms with Crippen LogP contribution in [0.2, 0.25) is 0 Å². The van der Waals surface area contributed by atoms with Gasteiger partial charge in [0.1, 0.15) is 12.4 Å². The molecule has 1 aromatic rings. The minimum Gasteiger partial charge on any atom is -0.443 e. The lowest BCUT2D eigenvalue weighted by Crippen LogP contribution is -2.23. The zero-order valence-electron chi connectivity index (χ0n) is 7.34. The normalized spacial score (nSPS) is 20.6. The molecular formula is C8H9N3O3. The van der Waals surface area contributed by atoms with Crippen LogP contribution in [0.5, 0.6) is 0 Å². The summed E-state index contributed by atoms with van der Waals surface area (Å²) in [6, 6.07) is 0. The zero-order chi connectivity index (χ0) is 9.97. The highest BCUT2D eigenvalue weighted by atomic mass is 16.6. The van der Waals surface area contributed by atoms with Crippen molar-refractivity contribution < 1.29 is 14.3 Å². The van der Waals surface area contributed by atoms with Gasteiger partial charge in [0.25, 0.3) is 0 Å². The highest BCUT2D eigenvalue weighted by Gasteiger charge is 2.25. The molecule has 1 aliphatic rings. The highest BCUT2D eigenvalue weighted by Crippen LogP contribution is 2.05. The number of nitrogens with zero attached hydrogens (tertiary/aromatic N) is 2. The number of hydrogen-bond donors (Lipinski definition) is 1. The van der Waals surface area contributed by atoms with Crippen molar-refractivity contribution in [3.05, 3.63) is 18.7 Å². The van der Waals surface area contributed by atoms with Crippen LogP contribution in [0.4, 0.5) is 4.79 Å². The number of imidazole rings is 1. The largest absolute Gasteiger partial charge is 0.443 e. The summed E-state index contributed by atoms with van der Waals surface area (Å²) >= 11 is 0. The lowest BCUT2D eigenvalue weighted by atomic mass is 10.3. The molecule has 1 N–H and O–H groups in total. The molecule has 1 aromatic heterocycles. The first-order chi connectivity index (χ1) is 6.75. The smallest absolute Gasteiger partial charge is 0.419 e. The molecule has 74 valence electrons. The van der Waals surface area contributed by atoms with E-state index in [4.69, 9.17) is 4.74 Å². The fourth-order valence-corrected chi connectivity index (χ4v) is 1.23. The molecule has 6 nitrogen and oxygen atoms in total. The van der Waals surface area contributed by atoms with E-state index < -0.39 is 6.09 Å². The minimum absolute atomic E-state index is 0.0894. The molecule has 0 bridgehead atoms. The number of rotatable bonds is 1. The van der Waals surface area contributed by atoms with Gasteiger partial charge in [-0.05, 0) is 0 Å². The molecule has 0 aromatic carbocycles. The number of amides is 1. The molecule has 6 heteroatoms. The van der Waals surface area contributed by atoms with Crippen molar-refractivity contribution in [2.45, 2.75) is 12.5 Å². The lowest BCUT2D eigenvalue weighted by Gasteiger charge is -2.08. The van der Waals surface area contributed by atoms with Gasteiger partial charge in [-0.1, -0.05) is 0 Å². The van der Waals surface area contributed by atoms with Crippen LogP contribution in [-0.4, -0.2) is 34.2 Å². The molecule has 0 aliphatic carbocycles. The third-order valence-electron chi connectivity index (χ3n) is 1.92.